The number of hydrogen-bond donors (Lipinski definition) is 2. The lowest BCUT2D eigenvalue weighted by Gasteiger charge is -2.16. The van der Waals surface area contributed by atoms with Crippen molar-refractivity contribution in [1.29, 1.82) is 5.26 Å². The van der Waals surface area contributed by atoms with E-state index in [1.165, 1.54) is 13.2 Å². The molecular formula is C36H31N5O7. The fraction of sp³-hybridized carbons (Fsp3) is 0.194. The number of aliphatic hydroxyl groups is 1. The highest BCUT2D eigenvalue weighted by Gasteiger charge is 2.25. The Labute approximate surface area is 274 Å². The van der Waals surface area contributed by atoms with E-state index in [0.29, 0.717) is 51.3 Å². The van der Waals surface area contributed by atoms with Crippen LogP contribution in [-0.2, 0) is 18.3 Å². The average Bonchev–Trinajstić information content (AvgIpc) is 3.49. The van der Waals surface area contributed by atoms with E-state index in [1.54, 1.807) is 61.4 Å². The monoisotopic (exact) mass is 645 g/mol. The molecule has 0 atom stereocenters. The second-order valence-corrected chi connectivity index (χ2v) is 11.0. The number of aromatic hydroxyl groups is 1. The molecule has 6 aromatic rings. The number of methoxy groups -OCH3 is 2. The summed E-state index contributed by atoms with van der Waals surface area (Å²) < 4.78 is 19.0. The normalized spacial score (nSPS) is 11.1. The van der Waals surface area contributed by atoms with E-state index in [2.05, 4.69) is 16.3 Å². The number of nitrogens with zero attached hydrogens (tertiary/aromatic N) is 5. The number of carbonyl (C=O) groups excluding carboxylic acids is 1. The number of aryl methyl sites for hydroxylation is 1. The van der Waals surface area contributed by atoms with E-state index in [4.69, 9.17) is 14.2 Å². The van der Waals surface area contributed by atoms with Gasteiger partial charge in [-0.1, -0.05) is 36.4 Å². The van der Waals surface area contributed by atoms with Gasteiger partial charge in [-0.2, -0.15) is 15.5 Å². The van der Waals surface area contributed by atoms with Crippen LogP contribution < -0.4 is 15.0 Å². The Hall–Kier alpha value is -6.19. The summed E-state index contributed by atoms with van der Waals surface area (Å²) in [7, 11) is 4.48. The highest BCUT2D eigenvalue weighted by atomic mass is 16.5. The summed E-state index contributed by atoms with van der Waals surface area (Å²) in [5.41, 5.74) is 2.33. The minimum atomic E-state index is -0.794. The Morgan fingerprint density at radius 2 is 1.75 bits per heavy atom. The molecule has 0 fully saturated rings. The van der Waals surface area contributed by atoms with Gasteiger partial charge in [-0.25, -0.2) is 9.48 Å². The number of phenolic OH excluding ortho intramolecular Hbond substituents is 1. The van der Waals surface area contributed by atoms with Gasteiger partial charge >= 0.3 is 5.97 Å². The van der Waals surface area contributed by atoms with Crippen molar-refractivity contribution >= 4 is 27.5 Å². The number of carbonyl (C=O) groups is 1. The van der Waals surface area contributed by atoms with Gasteiger partial charge in [0.05, 0.1) is 50.2 Å². The number of nitriles is 1. The van der Waals surface area contributed by atoms with E-state index in [-0.39, 0.29) is 42.0 Å². The summed E-state index contributed by atoms with van der Waals surface area (Å²) in [6, 6.07) is 21.5. The maximum absolute atomic E-state index is 13.7. The summed E-state index contributed by atoms with van der Waals surface area (Å²) in [5, 5.41) is 41.3. The lowest BCUT2D eigenvalue weighted by Crippen LogP contribution is -2.27. The van der Waals surface area contributed by atoms with Crippen molar-refractivity contribution in [3.8, 4) is 45.7 Å². The molecule has 2 N–H and O–H groups in total. The fourth-order valence-corrected chi connectivity index (χ4v) is 5.78. The molecule has 4 aromatic carbocycles. The number of ether oxygens (including phenoxy) is 3. The third-order valence-corrected chi connectivity index (χ3v) is 8.10. The molecule has 6 rings (SSSR count). The summed E-state index contributed by atoms with van der Waals surface area (Å²) in [6.45, 7) is 0.258. The molecule has 242 valence electrons. The van der Waals surface area contributed by atoms with Crippen LogP contribution in [0.3, 0.4) is 0 Å². The minimum Gasteiger partial charge on any atom is -0.507 e. The van der Waals surface area contributed by atoms with E-state index in [1.807, 2.05) is 24.3 Å². The molecule has 0 radical (unpaired) electrons. The second kappa shape index (κ2) is 13.3. The van der Waals surface area contributed by atoms with Gasteiger partial charge in [0.1, 0.15) is 23.3 Å². The summed E-state index contributed by atoms with van der Waals surface area (Å²) in [4.78, 5) is 26.8. The summed E-state index contributed by atoms with van der Waals surface area (Å²) in [5.74, 6) is 0.00252. The van der Waals surface area contributed by atoms with Crippen molar-refractivity contribution in [3.05, 3.63) is 100 Å². The zero-order valence-electron chi connectivity index (χ0n) is 26.4. The van der Waals surface area contributed by atoms with Crippen LogP contribution >= 0.6 is 0 Å². The molecule has 12 nitrogen and oxygen atoms in total. The highest BCUT2D eigenvalue weighted by Crippen LogP contribution is 2.42. The molecule has 0 unspecified atom stereocenters. The number of hydrogen-bond acceptors (Lipinski definition) is 10. The number of rotatable bonds is 10. The van der Waals surface area contributed by atoms with Crippen molar-refractivity contribution in [2.45, 2.75) is 13.0 Å². The summed E-state index contributed by atoms with van der Waals surface area (Å²) >= 11 is 0. The van der Waals surface area contributed by atoms with Gasteiger partial charge < -0.3 is 24.4 Å². The molecule has 0 aliphatic carbocycles. The molecule has 0 amide bonds. The number of benzene rings is 4. The van der Waals surface area contributed by atoms with Gasteiger partial charge in [0.15, 0.2) is 5.69 Å². The molecule has 0 saturated carbocycles. The predicted molar refractivity (Wildman–Crippen MR) is 178 cm³/mol. The zero-order valence-corrected chi connectivity index (χ0v) is 26.4. The Balaban J connectivity index is 1.55. The predicted octanol–water partition coefficient (Wildman–Crippen LogP) is 4.80. The van der Waals surface area contributed by atoms with Crippen LogP contribution in [0.2, 0.25) is 0 Å². The second-order valence-electron chi connectivity index (χ2n) is 11.0. The van der Waals surface area contributed by atoms with Crippen molar-refractivity contribution in [1.82, 2.24) is 19.6 Å². The Bertz CT molecular complexity index is 2280. The third kappa shape index (κ3) is 5.67. The topological polar surface area (TPSA) is 162 Å². The molecular weight excluding hydrogens is 614 g/mol. The van der Waals surface area contributed by atoms with Crippen LogP contribution in [0.1, 0.15) is 28.0 Å². The van der Waals surface area contributed by atoms with Crippen molar-refractivity contribution in [2.24, 2.45) is 7.05 Å². The first kappa shape index (κ1) is 31.8. The van der Waals surface area contributed by atoms with Crippen LogP contribution in [0.15, 0.2) is 77.7 Å². The number of aliphatic hydroxyl groups excluding tert-OH is 1. The maximum Gasteiger partial charge on any atom is 0.359 e. The van der Waals surface area contributed by atoms with Crippen LogP contribution in [0.5, 0.6) is 17.2 Å². The number of esters is 1. The van der Waals surface area contributed by atoms with E-state index < -0.39 is 11.5 Å². The largest absolute Gasteiger partial charge is 0.507 e. The average molecular weight is 646 g/mol. The van der Waals surface area contributed by atoms with Crippen LogP contribution in [0.25, 0.3) is 43.9 Å². The fourth-order valence-electron chi connectivity index (χ4n) is 5.78. The van der Waals surface area contributed by atoms with Gasteiger partial charge in [-0.05, 0) is 41.5 Å². The maximum atomic E-state index is 13.7. The first-order valence-electron chi connectivity index (χ1n) is 15.0. The Morgan fingerprint density at radius 1 is 1.00 bits per heavy atom. The summed E-state index contributed by atoms with van der Waals surface area (Å²) in [6.07, 6.45) is 2.00. The smallest absolute Gasteiger partial charge is 0.359 e. The van der Waals surface area contributed by atoms with Crippen LogP contribution in [-0.4, -0.2) is 63.2 Å². The molecule has 0 saturated heterocycles. The number of phenols is 1. The first-order chi connectivity index (χ1) is 23.3. The first-order valence-corrected chi connectivity index (χ1v) is 15.0. The van der Waals surface area contributed by atoms with Gasteiger partial charge in [-0.3, -0.25) is 9.48 Å². The quantitative estimate of drug-likeness (QED) is 0.156. The number of aromatic nitrogens is 4. The molecule has 0 bridgehead atoms. The Morgan fingerprint density at radius 3 is 2.44 bits per heavy atom. The minimum absolute atomic E-state index is 0.0261. The van der Waals surface area contributed by atoms with Gasteiger partial charge in [-0.15, -0.1) is 0 Å². The van der Waals surface area contributed by atoms with Gasteiger partial charge in [0.25, 0.3) is 5.56 Å². The zero-order chi connectivity index (χ0) is 33.9. The van der Waals surface area contributed by atoms with Crippen molar-refractivity contribution < 1.29 is 29.2 Å². The highest BCUT2D eigenvalue weighted by molar-refractivity contribution is 6.06. The van der Waals surface area contributed by atoms with Crippen molar-refractivity contribution in [2.75, 3.05) is 27.4 Å². The molecule has 0 aliphatic heterocycles. The lowest BCUT2D eigenvalue weighted by atomic mass is 9.92. The molecule has 0 spiro atoms. The Kier molecular flexibility index (Phi) is 8.79. The van der Waals surface area contributed by atoms with Crippen LogP contribution in [0, 0.1) is 11.3 Å². The van der Waals surface area contributed by atoms with Gasteiger partial charge in [0.2, 0.25) is 0 Å². The lowest BCUT2D eigenvalue weighted by molar-refractivity contribution is 0.0593. The number of fused-ring (bicyclic) bond motifs is 2. The molecule has 2 aromatic heterocycles. The van der Waals surface area contributed by atoms with Crippen molar-refractivity contribution in [3.63, 3.8) is 0 Å². The SMILES string of the molecule is COC(=O)c1nn(Cc2ccc(OC)cc2)c(=O)c2c(O)cc(-c3cnn(C)c3-c3cc(OCCCO)c4ccccc4c3C#N)cc12. The standard InChI is InChI=1S/C36H31N5O7/c1-40-34(26-17-31(48-14-6-13-42)25-8-5-4-7-24(25)28(26)18-37)29(19-38-40)22-15-27-32(30(43)16-22)35(44)41(39-33(27)36(45)47-3)20-21-9-11-23(46-2)12-10-21/h4-5,7-12,15-17,19,42-43H,6,13-14,20H2,1-3H3. The van der Waals surface area contributed by atoms with Crippen LogP contribution in [0.4, 0.5) is 0 Å². The molecule has 0 aliphatic rings. The molecule has 12 heteroatoms. The van der Waals surface area contributed by atoms with E-state index in [9.17, 15) is 25.1 Å². The molecule has 48 heavy (non-hydrogen) atoms. The van der Waals surface area contributed by atoms with E-state index in [0.717, 1.165) is 15.6 Å². The van der Waals surface area contributed by atoms with E-state index >= 15 is 0 Å². The third-order valence-electron chi connectivity index (χ3n) is 8.10. The molecule has 2 heterocycles. The van der Waals surface area contributed by atoms with Gasteiger partial charge in [0, 0.05) is 47.4 Å².